The molecule has 0 aromatic carbocycles. The van der Waals surface area contributed by atoms with E-state index in [-0.39, 0.29) is 19.4 Å². The van der Waals surface area contributed by atoms with Gasteiger partial charge in [0, 0.05) is 6.42 Å². The quantitative estimate of drug-likeness (QED) is 0.391. The van der Waals surface area contributed by atoms with Gasteiger partial charge in [-0.3, -0.25) is 4.55 Å². The van der Waals surface area contributed by atoms with E-state index in [1.165, 1.54) is 0 Å². The predicted octanol–water partition coefficient (Wildman–Crippen LogP) is 0.377. The number of nitrogens with zero attached hydrogens (tertiary/aromatic N) is 1. The van der Waals surface area contributed by atoms with Gasteiger partial charge in [-0.05, 0) is 6.42 Å². The SMILES string of the molecule is CCC(CC[N+](C)([O-])O)S(=O)(=O)O. The number of hydrogen-bond donors (Lipinski definition) is 2. The summed E-state index contributed by atoms with van der Waals surface area (Å²) < 4.78 is 29.9. The standard InChI is InChI=1S/C6H15NO5S/c1-3-6(13(10,11)12)4-5-7(2,8)9/h6,8H,3-5H2,1-2H3,(H,10,11,12). The Hall–Kier alpha value is -0.210. The zero-order valence-electron chi connectivity index (χ0n) is 7.67. The molecular formula is C6H15NO5S. The predicted molar refractivity (Wildman–Crippen MR) is 46.4 cm³/mol. The molecule has 0 aromatic heterocycles. The summed E-state index contributed by atoms with van der Waals surface area (Å²) >= 11 is 0. The molecule has 6 nitrogen and oxygen atoms in total. The molecule has 0 saturated heterocycles. The molecule has 0 aliphatic carbocycles. The third kappa shape index (κ3) is 5.94. The highest BCUT2D eigenvalue weighted by Crippen LogP contribution is 2.10. The third-order valence-electron chi connectivity index (χ3n) is 1.74. The van der Waals surface area contributed by atoms with E-state index in [2.05, 4.69) is 0 Å². The van der Waals surface area contributed by atoms with E-state index in [9.17, 15) is 13.6 Å². The second-order valence-electron chi connectivity index (χ2n) is 3.11. The van der Waals surface area contributed by atoms with Gasteiger partial charge in [0.25, 0.3) is 10.1 Å². The van der Waals surface area contributed by atoms with E-state index in [1.54, 1.807) is 6.92 Å². The first-order valence-corrected chi connectivity index (χ1v) is 5.42. The average molecular weight is 213 g/mol. The maximum absolute atomic E-state index is 10.7. The molecule has 0 radical (unpaired) electrons. The van der Waals surface area contributed by atoms with Gasteiger partial charge in [0.15, 0.2) is 0 Å². The fraction of sp³-hybridized carbons (Fsp3) is 1.00. The van der Waals surface area contributed by atoms with E-state index in [4.69, 9.17) is 9.76 Å². The lowest BCUT2D eigenvalue weighted by atomic mass is 10.2. The zero-order valence-corrected chi connectivity index (χ0v) is 8.49. The first-order valence-electron chi connectivity index (χ1n) is 3.92. The number of rotatable bonds is 5. The minimum absolute atomic E-state index is 0.0498. The van der Waals surface area contributed by atoms with Gasteiger partial charge < -0.3 is 5.21 Å². The summed E-state index contributed by atoms with van der Waals surface area (Å²) in [7, 11) is -3.10. The first kappa shape index (κ1) is 12.8. The van der Waals surface area contributed by atoms with E-state index in [0.717, 1.165) is 7.05 Å². The maximum Gasteiger partial charge on any atom is 0.267 e. The Balaban J connectivity index is 4.18. The highest BCUT2D eigenvalue weighted by Gasteiger charge is 2.23. The molecule has 2 N–H and O–H groups in total. The summed E-state index contributed by atoms with van der Waals surface area (Å²) in [6.07, 6.45) is 0.171. The fourth-order valence-electron chi connectivity index (χ4n) is 0.947. The minimum Gasteiger partial charge on any atom is -0.599 e. The van der Waals surface area contributed by atoms with Crippen LogP contribution in [0.5, 0.6) is 0 Å². The van der Waals surface area contributed by atoms with Crippen LogP contribution in [-0.2, 0) is 10.1 Å². The lowest BCUT2D eigenvalue weighted by Gasteiger charge is -2.29. The van der Waals surface area contributed by atoms with Gasteiger partial charge in [-0.25, -0.2) is 10.0 Å². The molecule has 13 heavy (non-hydrogen) atoms. The summed E-state index contributed by atoms with van der Waals surface area (Å²) in [5.41, 5.74) is 0. The molecule has 2 atom stereocenters. The Morgan fingerprint density at radius 1 is 1.54 bits per heavy atom. The summed E-state index contributed by atoms with van der Waals surface area (Å²) in [6.45, 7) is 1.34. The van der Waals surface area contributed by atoms with E-state index in [0.29, 0.717) is 0 Å². The Kier molecular flexibility index (Phi) is 4.27. The van der Waals surface area contributed by atoms with Crippen molar-refractivity contribution in [3.63, 3.8) is 0 Å². The van der Waals surface area contributed by atoms with Crippen LogP contribution in [-0.4, -0.2) is 41.8 Å². The van der Waals surface area contributed by atoms with Crippen LogP contribution in [0.3, 0.4) is 0 Å². The molecule has 80 valence electrons. The van der Waals surface area contributed by atoms with Gasteiger partial charge in [-0.15, -0.1) is 0 Å². The van der Waals surface area contributed by atoms with Gasteiger partial charge >= 0.3 is 0 Å². The summed E-state index contributed by atoms with van der Waals surface area (Å²) in [6, 6.07) is 0. The Morgan fingerprint density at radius 3 is 2.23 bits per heavy atom. The van der Waals surface area contributed by atoms with Gasteiger partial charge in [0.2, 0.25) is 0 Å². The highest BCUT2D eigenvalue weighted by atomic mass is 32.2. The van der Waals surface area contributed by atoms with Gasteiger partial charge in [-0.1, -0.05) is 6.92 Å². The van der Waals surface area contributed by atoms with Crippen LogP contribution in [0.1, 0.15) is 19.8 Å². The second kappa shape index (κ2) is 4.34. The molecule has 0 aromatic rings. The topological polar surface area (TPSA) is 97.7 Å². The summed E-state index contributed by atoms with van der Waals surface area (Å²) in [4.78, 5) is -1.54. The van der Waals surface area contributed by atoms with E-state index >= 15 is 0 Å². The van der Waals surface area contributed by atoms with Crippen molar-refractivity contribution in [3.8, 4) is 0 Å². The molecule has 0 spiro atoms. The molecule has 0 heterocycles. The molecule has 0 saturated carbocycles. The Labute approximate surface area is 77.7 Å². The van der Waals surface area contributed by atoms with Crippen molar-refractivity contribution in [1.82, 2.24) is 0 Å². The molecule has 0 fully saturated rings. The molecule has 7 heteroatoms. The Bertz CT molecular complexity index is 242. The van der Waals surface area contributed by atoms with Crippen LogP contribution < -0.4 is 0 Å². The number of hydroxylamine groups is 4. The molecule has 0 bridgehead atoms. The number of hydrogen-bond acceptors (Lipinski definition) is 4. The zero-order chi connectivity index (χ0) is 10.7. The van der Waals surface area contributed by atoms with Crippen LogP contribution in [0, 0.1) is 5.21 Å². The molecule has 0 amide bonds. The minimum atomic E-state index is -4.10. The molecular weight excluding hydrogens is 198 g/mol. The van der Waals surface area contributed by atoms with Crippen LogP contribution in [0.15, 0.2) is 0 Å². The highest BCUT2D eigenvalue weighted by molar-refractivity contribution is 7.86. The van der Waals surface area contributed by atoms with Gasteiger partial charge in [0.05, 0.1) is 12.3 Å². The smallest absolute Gasteiger partial charge is 0.267 e. The second-order valence-corrected chi connectivity index (χ2v) is 4.81. The third-order valence-corrected chi connectivity index (χ3v) is 3.15. The van der Waals surface area contributed by atoms with Crippen molar-refractivity contribution in [1.29, 1.82) is 0 Å². The Morgan fingerprint density at radius 2 is 2.00 bits per heavy atom. The van der Waals surface area contributed by atoms with Crippen LogP contribution in [0.4, 0.5) is 0 Å². The van der Waals surface area contributed by atoms with Crippen LogP contribution in [0.25, 0.3) is 0 Å². The molecule has 0 aliphatic rings. The van der Waals surface area contributed by atoms with Gasteiger partial charge in [-0.2, -0.15) is 8.42 Å². The number of quaternary nitrogens is 1. The molecule has 0 aliphatic heterocycles. The normalized spacial score (nSPS) is 19.5. The summed E-state index contributed by atoms with van der Waals surface area (Å²) in [5.74, 6) is 0. The largest absolute Gasteiger partial charge is 0.599 e. The van der Waals surface area contributed by atoms with Gasteiger partial charge in [0.1, 0.15) is 6.54 Å². The lowest BCUT2D eigenvalue weighted by molar-refractivity contribution is -1.05. The van der Waals surface area contributed by atoms with Crippen molar-refractivity contribution in [2.45, 2.75) is 25.0 Å². The van der Waals surface area contributed by atoms with Crippen molar-refractivity contribution >= 4 is 10.1 Å². The van der Waals surface area contributed by atoms with Crippen molar-refractivity contribution in [2.24, 2.45) is 0 Å². The maximum atomic E-state index is 10.7. The fourth-order valence-corrected chi connectivity index (χ4v) is 1.77. The van der Waals surface area contributed by atoms with Crippen molar-refractivity contribution in [3.05, 3.63) is 5.21 Å². The lowest BCUT2D eigenvalue weighted by Crippen LogP contribution is -2.37. The molecule has 2 unspecified atom stereocenters. The monoisotopic (exact) mass is 213 g/mol. The first-order chi connectivity index (χ1) is 5.67. The van der Waals surface area contributed by atoms with Crippen LogP contribution >= 0.6 is 0 Å². The average Bonchev–Trinajstić information content (AvgIpc) is 1.82. The van der Waals surface area contributed by atoms with E-state index < -0.39 is 20.2 Å². The van der Waals surface area contributed by atoms with Crippen molar-refractivity contribution in [2.75, 3.05) is 13.6 Å². The van der Waals surface area contributed by atoms with Crippen LogP contribution in [0.2, 0.25) is 0 Å². The summed E-state index contributed by atoms with van der Waals surface area (Å²) in [5, 5.41) is 18.4. The van der Waals surface area contributed by atoms with Crippen molar-refractivity contribution < 1.29 is 23.0 Å². The van der Waals surface area contributed by atoms with E-state index in [1.807, 2.05) is 0 Å². The molecule has 0 rings (SSSR count).